The lowest BCUT2D eigenvalue weighted by atomic mass is 9.32. The topological polar surface area (TPSA) is 140 Å². The molecule has 5 aliphatic carbocycles. The van der Waals surface area contributed by atoms with Gasteiger partial charge in [-0.05, 0) is 120 Å². The largest absolute Gasteiger partial charge is 0.462 e. The zero-order chi connectivity index (χ0) is 41.1. The Balaban J connectivity index is 1.64. The van der Waals surface area contributed by atoms with Crippen LogP contribution in [0, 0.1) is 62.6 Å². The van der Waals surface area contributed by atoms with E-state index >= 15 is 0 Å². The summed E-state index contributed by atoms with van der Waals surface area (Å²) in [5.41, 5.74) is -1.19. The molecule has 0 saturated heterocycles. The first-order valence-electron chi connectivity index (χ1n) is 20.2. The third kappa shape index (κ3) is 6.97. The highest BCUT2D eigenvalue weighted by molar-refractivity contribution is 5.83. The Hall–Kier alpha value is -3.19. The van der Waals surface area contributed by atoms with Crippen molar-refractivity contribution in [1.29, 1.82) is 0 Å². The van der Waals surface area contributed by atoms with Gasteiger partial charge in [-0.25, -0.2) is 14.4 Å². The molecule has 5 aliphatic rings. The molecule has 0 heterocycles. The summed E-state index contributed by atoms with van der Waals surface area (Å²) in [6, 6.07) is 0. The van der Waals surface area contributed by atoms with Crippen molar-refractivity contribution in [3.05, 3.63) is 46.6 Å². The Morgan fingerprint density at radius 2 is 1.35 bits per heavy atom. The highest BCUT2D eigenvalue weighted by atomic mass is 16.6. The molecule has 0 aromatic rings. The number of rotatable bonds is 8. The first kappa shape index (κ1) is 42.9. The fourth-order valence-electron chi connectivity index (χ4n) is 12.3. The van der Waals surface area contributed by atoms with Gasteiger partial charge in [0.1, 0.15) is 12.7 Å². The van der Waals surface area contributed by atoms with Gasteiger partial charge in [0.25, 0.3) is 0 Å². The van der Waals surface area contributed by atoms with Crippen LogP contribution in [0.4, 0.5) is 0 Å². The standard InChI is InChI=1S/C46H66O9/c1-13-45-24-35(48)46(26-54-37(50)21-28(4)5)31(23-41(8,9)39(52)40(46)55-38(51)22-29(6)7)30(45)14-15-33-42(10)18-17-34(47)43(11,25-53-36(49)20-27(2)3)32(42)16-19-44(33,45)12/h1,14,20-22,31-35,39-40,47-48,52H,15-19,23-26H2,2-12H3/t31?,32?,33?,34-,35+,39-,40-,42-,43+,44+,45+,46-/m0/s1. The van der Waals surface area contributed by atoms with Crippen molar-refractivity contribution in [2.24, 2.45) is 50.2 Å². The van der Waals surface area contributed by atoms with Crippen LogP contribution in [0.2, 0.25) is 0 Å². The molecule has 12 atom stereocenters. The maximum atomic E-state index is 13.4. The zero-order valence-electron chi connectivity index (χ0n) is 35.1. The molecule has 3 N–H and O–H groups in total. The molecule has 4 saturated carbocycles. The van der Waals surface area contributed by atoms with Gasteiger partial charge in [0.2, 0.25) is 0 Å². The summed E-state index contributed by atoms with van der Waals surface area (Å²) in [5, 5.41) is 36.4. The fourth-order valence-corrected chi connectivity index (χ4v) is 12.3. The molecule has 9 nitrogen and oxygen atoms in total. The number of esters is 3. The van der Waals surface area contributed by atoms with Crippen LogP contribution in [0.3, 0.4) is 0 Å². The minimum Gasteiger partial charge on any atom is -0.462 e. The summed E-state index contributed by atoms with van der Waals surface area (Å²) in [4.78, 5) is 39.2. The minimum atomic E-state index is -1.38. The van der Waals surface area contributed by atoms with Gasteiger partial charge in [-0.15, -0.1) is 6.42 Å². The van der Waals surface area contributed by atoms with Gasteiger partial charge in [-0.3, -0.25) is 0 Å². The number of hydrogen-bond donors (Lipinski definition) is 3. The molecule has 0 amide bonds. The predicted octanol–water partition coefficient (Wildman–Crippen LogP) is 7.19. The van der Waals surface area contributed by atoms with Crippen LogP contribution in [-0.4, -0.2) is 70.9 Å². The van der Waals surface area contributed by atoms with Gasteiger partial charge in [-0.1, -0.05) is 68.9 Å². The average molecular weight is 763 g/mol. The molecule has 0 spiro atoms. The van der Waals surface area contributed by atoms with Gasteiger partial charge in [-0.2, -0.15) is 0 Å². The van der Waals surface area contributed by atoms with Crippen molar-refractivity contribution in [2.75, 3.05) is 13.2 Å². The summed E-state index contributed by atoms with van der Waals surface area (Å²) < 4.78 is 18.0. The zero-order valence-corrected chi connectivity index (χ0v) is 35.1. The number of ether oxygens (including phenoxy) is 3. The molecule has 5 rings (SSSR count). The van der Waals surface area contributed by atoms with E-state index in [1.807, 2.05) is 27.7 Å². The molecular formula is C46H66O9. The average Bonchev–Trinajstić information content (AvgIpc) is 3.06. The summed E-state index contributed by atoms with van der Waals surface area (Å²) in [7, 11) is 0. The molecule has 55 heavy (non-hydrogen) atoms. The Morgan fingerprint density at radius 3 is 1.91 bits per heavy atom. The number of terminal acetylenes is 1. The number of fused-ring (bicyclic) bond motifs is 7. The second-order valence-corrected chi connectivity index (χ2v) is 19.8. The molecule has 0 aliphatic heterocycles. The quantitative estimate of drug-likeness (QED) is 0.0771. The van der Waals surface area contributed by atoms with Crippen LogP contribution in [0.15, 0.2) is 46.6 Å². The number of allylic oxidation sites excluding steroid dienone is 5. The molecule has 0 aromatic carbocycles. The van der Waals surface area contributed by atoms with E-state index in [1.165, 1.54) is 18.2 Å². The minimum absolute atomic E-state index is 0.0378. The Kier molecular flexibility index (Phi) is 11.7. The summed E-state index contributed by atoms with van der Waals surface area (Å²) in [6.07, 6.45) is 13.1. The monoisotopic (exact) mass is 762 g/mol. The van der Waals surface area contributed by atoms with E-state index in [4.69, 9.17) is 20.6 Å². The maximum absolute atomic E-state index is 13.4. The lowest BCUT2D eigenvalue weighted by Gasteiger charge is -2.72. The molecule has 0 aromatic heterocycles. The fraction of sp³-hybridized carbons (Fsp3) is 0.717. The highest BCUT2D eigenvalue weighted by Gasteiger charge is 2.74. The van der Waals surface area contributed by atoms with Crippen LogP contribution >= 0.6 is 0 Å². The van der Waals surface area contributed by atoms with E-state index in [-0.39, 0.29) is 36.9 Å². The van der Waals surface area contributed by atoms with Crippen LogP contribution < -0.4 is 0 Å². The summed E-state index contributed by atoms with van der Waals surface area (Å²) in [5.74, 6) is 1.29. The predicted molar refractivity (Wildman–Crippen MR) is 211 cm³/mol. The van der Waals surface area contributed by atoms with E-state index in [1.54, 1.807) is 27.7 Å². The molecule has 304 valence electrons. The Labute approximate surface area is 329 Å². The van der Waals surface area contributed by atoms with E-state index < -0.39 is 75.3 Å². The first-order chi connectivity index (χ1) is 25.4. The summed E-state index contributed by atoms with van der Waals surface area (Å²) in [6.45, 7) is 21.2. The number of carbonyl (C=O) groups excluding carboxylic acids is 3. The van der Waals surface area contributed by atoms with Crippen LogP contribution in [0.1, 0.15) is 121 Å². The second kappa shape index (κ2) is 15.0. The lowest BCUT2D eigenvalue weighted by Crippen LogP contribution is -2.72. The molecule has 0 bridgehead atoms. The van der Waals surface area contributed by atoms with Crippen molar-refractivity contribution in [3.63, 3.8) is 0 Å². The normalized spacial score (nSPS) is 41.2. The van der Waals surface area contributed by atoms with Gasteiger partial charge >= 0.3 is 17.9 Å². The molecule has 9 heteroatoms. The van der Waals surface area contributed by atoms with Crippen LogP contribution in [0.5, 0.6) is 0 Å². The van der Waals surface area contributed by atoms with Crippen molar-refractivity contribution in [2.45, 2.75) is 146 Å². The van der Waals surface area contributed by atoms with Gasteiger partial charge < -0.3 is 29.5 Å². The number of hydrogen-bond acceptors (Lipinski definition) is 9. The van der Waals surface area contributed by atoms with E-state index in [0.29, 0.717) is 19.3 Å². The SMILES string of the molecule is C#C[C@@]12C[C@@H](O)[C@]3(COC(=O)C=C(C)C)C(CC(C)(C)[C@@H](O)[C@@H]3OC(=O)C=C(C)C)C1=CCC1[C@@]3(C)CC[C@H](O)[C@](C)(COC(=O)C=C(C)C)C3CC[C@]12C. The van der Waals surface area contributed by atoms with Crippen molar-refractivity contribution in [1.82, 2.24) is 0 Å². The van der Waals surface area contributed by atoms with E-state index in [2.05, 4.69) is 32.8 Å². The molecular weight excluding hydrogens is 696 g/mol. The summed E-state index contributed by atoms with van der Waals surface area (Å²) >= 11 is 0. The third-order valence-corrected chi connectivity index (χ3v) is 15.1. The smallest absolute Gasteiger partial charge is 0.331 e. The molecule has 0 radical (unpaired) electrons. The highest BCUT2D eigenvalue weighted by Crippen LogP contribution is 2.76. The van der Waals surface area contributed by atoms with E-state index in [9.17, 15) is 29.7 Å². The van der Waals surface area contributed by atoms with Crippen molar-refractivity contribution < 1.29 is 43.9 Å². The first-order valence-corrected chi connectivity index (χ1v) is 20.2. The Bertz CT molecular complexity index is 1720. The third-order valence-electron chi connectivity index (χ3n) is 15.1. The van der Waals surface area contributed by atoms with E-state index in [0.717, 1.165) is 41.6 Å². The van der Waals surface area contributed by atoms with Gasteiger partial charge in [0, 0.05) is 23.6 Å². The second-order valence-electron chi connectivity index (χ2n) is 19.8. The van der Waals surface area contributed by atoms with Crippen molar-refractivity contribution in [3.8, 4) is 12.3 Å². The van der Waals surface area contributed by atoms with Crippen LogP contribution in [-0.2, 0) is 28.6 Å². The number of carbonyl (C=O) groups is 3. The molecule has 4 fully saturated rings. The molecule has 3 unspecified atom stereocenters. The lowest BCUT2D eigenvalue weighted by molar-refractivity contribution is -0.260. The Morgan fingerprint density at radius 1 is 0.782 bits per heavy atom. The van der Waals surface area contributed by atoms with Crippen LogP contribution in [0.25, 0.3) is 0 Å². The van der Waals surface area contributed by atoms with Gasteiger partial charge in [0.15, 0.2) is 0 Å². The number of aliphatic hydroxyl groups is 3. The van der Waals surface area contributed by atoms with Gasteiger partial charge in [0.05, 0.1) is 35.7 Å². The van der Waals surface area contributed by atoms with Crippen molar-refractivity contribution >= 4 is 17.9 Å². The number of aliphatic hydroxyl groups excluding tert-OH is 3. The maximum Gasteiger partial charge on any atom is 0.331 e.